The summed E-state index contributed by atoms with van der Waals surface area (Å²) in [6.45, 7) is 4.14. The summed E-state index contributed by atoms with van der Waals surface area (Å²) in [5, 5.41) is 6.98. The fraction of sp³-hybridized carbons (Fsp3) is 0.296. The maximum absolute atomic E-state index is 13.6. The summed E-state index contributed by atoms with van der Waals surface area (Å²) in [5.41, 5.74) is 4.56. The van der Waals surface area contributed by atoms with Gasteiger partial charge < -0.3 is 0 Å². The van der Waals surface area contributed by atoms with Gasteiger partial charge in [0.1, 0.15) is 5.82 Å². The van der Waals surface area contributed by atoms with Gasteiger partial charge in [0.15, 0.2) is 5.69 Å². The average Bonchev–Trinajstić information content (AvgIpc) is 3.34. The van der Waals surface area contributed by atoms with Crippen LogP contribution in [0.25, 0.3) is 16.9 Å². The average molecular weight is 490 g/mol. The second-order valence-electron chi connectivity index (χ2n) is 9.11. The Hall–Kier alpha value is -3.52. The second-order valence-corrected chi connectivity index (χ2v) is 9.95. The molecule has 4 aromatic rings. The van der Waals surface area contributed by atoms with E-state index in [2.05, 4.69) is 6.92 Å². The molecule has 1 aliphatic rings. The molecule has 1 saturated carbocycles. The van der Waals surface area contributed by atoms with E-state index >= 15 is 0 Å². The van der Waals surface area contributed by atoms with Crippen molar-refractivity contribution in [2.45, 2.75) is 39.5 Å². The molecule has 180 valence electrons. The molecule has 2 heterocycles. The number of aromatic nitrogens is 3. The molecule has 0 amide bonds. The summed E-state index contributed by atoms with van der Waals surface area (Å²) in [6.07, 6.45) is 4.21. The second kappa shape index (κ2) is 9.62. The van der Waals surface area contributed by atoms with Crippen LogP contribution in [0.4, 0.5) is 10.1 Å². The first kappa shape index (κ1) is 23.2. The summed E-state index contributed by atoms with van der Waals surface area (Å²) in [7, 11) is 1.86. The van der Waals surface area contributed by atoms with Crippen LogP contribution < -0.4 is 10.4 Å². The Bertz CT molecular complexity index is 1510. The Kier molecular flexibility index (Phi) is 6.38. The lowest BCUT2D eigenvalue weighted by Crippen LogP contribution is -2.20. The number of rotatable bonds is 4. The lowest BCUT2D eigenvalue weighted by atomic mass is 9.89. The minimum Gasteiger partial charge on any atom is -0.283 e. The van der Waals surface area contributed by atoms with E-state index in [0.717, 1.165) is 47.6 Å². The molecule has 0 N–H and O–H groups in total. The third-order valence-electron chi connectivity index (χ3n) is 6.54. The minimum absolute atomic E-state index is 0.182. The number of hydrogen-bond donors (Lipinski definition) is 0. The molecule has 1 aliphatic carbocycles. The van der Waals surface area contributed by atoms with Crippen LogP contribution in [0.15, 0.2) is 74.9 Å². The van der Waals surface area contributed by atoms with E-state index in [-0.39, 0.29) is 11.4 Å². The van der Waals surface area contributed by atoms with Crippen LogP contribution in [0.3, 0.4) is 0 Å². The van der Waals surface area contributed by atoms with Crippen molar-refractivity contribution in [1.29, 1.82) is 0 Å². The molecule has 0 radical (unpaired) electrons. The Morgan fingerprint density at radius 1 is 1.09 bits per heavy atom. The first-order valence-electron chi connectivity index (χ1n) is 11.8. The van der Waals surface area contributed by atoms with Crippen LogP contribution in [0.1, 0.15) is 38.3 Å². The molecular formula is C27H28FN5OS. The van der Waals surface area contributed by atoms with Gasteiger partial charge in [-0.15, -0.1) is 11.3 Å². The fourth-order valence-corrected chi connectivity index (χ4v) is 5.40. The lowest BCUT2D eigenvalue weighted by Gasteiger charge is -2.19. The van der Waals surface area contributed by atoms with E-state index in [1.807, 2.05) is 59.0 Å². The van der Waals surface area contributed by atoms with E-state index in [9.17, 15) is 9.18 Å². The van der Waals surface area contributed by atoms with Gasteiger partial charge in [-0.25, -0.2) is 18.7 Å². The molecule has 5 rings (SSSR count). The summed E-state index contributed by atoms with van der Waals surface area (Å²) in [6, 6.07) is 15.9. The van der Waals surface area contributed by atoms with E-state index in [1.165, 1.54) is 29.9 Å². The van der Waals surface area contributed by atoms with E-state index in [0.29, 0.717) is 16.4 Å². The molecule has 8 heteroatoms. The van der Waals surface area contributed by atoms with Gasteiger partial charge in [-0.2, -0.15) is 5.10 Å². The van der Waals surface area contributed by atoms with Gasteiger partial charge in [0.25, 0.3) is 5.56 Å². The predicted octanol–water partition coefficient (Wildman–Crippen LogP) is 5.80. The molecule has 35 heavy (non-hydrogen) atoms. The molecule has 0 saturated heterocycles. The fourth-order valence-electron chi connectivity index (χ4n) is 4.56. The summed E-state index contributed by atoms with van der Waals surface area (Å²) in [4.78, 5) is 18.9. The smallest absolute Gasteiger partial charge is 0.283 e. The molecule has 0 aliphatic heterocycles. The summed E-state index contributed by atoms with van der Waals surface area (Å²) in [5.74, 6) is 0.306. The maximum Gasteiger partial charge on any atom is 0.297 e. The van der Waals surface area contributed by atoms with Crippen LogP contribution in [0.5, 0.6) is 0 Å². The predicted molar refractivity (Wildman–Crippen MR) is 139 cm³/mol. The number of para-hydroxylation sites is 1. The first-order valence-corrected chi connectivity index (χ1v) is 12.7. The van der Waals surface area contributed by atoms with Crippen LogP contribution in [0.2, 0.25) is 0 Å². The van der Waals surface area contributed by atoms with Crippen molar-refractivity contribution in [2.75, 3.05) is 0 Å². The zero-order valence-corrected chi connectivity index (χ0v) is 20.9. The van der Waals surface area contributed by atoms with Crippen molar-refractivity contribution in [1.82, 2.24) is 14.0 Å². The zero-order valence-electron chi connectivity index (χ0n) is 20.1. The van der Waals surface area contributed by atoms with Gasteiger partial charge in [-0.1, -0.05) is 25.1 Å². The van der Waals surface area contributed by atoms with Crippen molar-refractivity contribution < 1.29 is 4.39 Å². The largest absolute Gasteiger partial charge is 0.297 e. The zero-order chi connectivity index (χ0) is 24.5. The third-order valence-corrected chi connectivity index (χ3v) is 7.36. The molecule has 6 nitrogen and oxygen atoms in total. The Morgan fingerprint density at radius 2 is 1.83 bits per heavy atom. The first-order chi connectivity index (χ1) is 16.9. The lowest BCUT2D eigenvalue weighted by molar-refractivity contribution is 0.497. The van der Waals surface area contributed by atoms with Crippen LogP contribution >= 0.6 is 11.3 Å². The Labute approximate surface area is 207 Å². The van der Waals surface area contributed by atoms with Crippen LogP contribution in [-0.4, -0.2) is 19.8 Å². The normalized spacial score (nSPS) is 17.9. The summed E-state index contributed by atoms with van der Waals surface area (Å²) < 4.78 is 18.9. The van der Waals surface area contributed by atoms with E-state index < -0.39 is 0 Å². The van der Waals surface area contributed by atoms with Crippen molar-refractivity contribution in [2.24, 2.45) is 23.1 Å². The van der Waals surface area contributed by atoms with Gasteiger partial charge in [-0.05, 0) is 74.9 Å². The van der Waals surface area contributed by atoms with Gasteiger partial charge in [0, 0.05) is 23.7 Å². The van der Waals surface area contributed by atoms with Crippen molar-refractivity contribution in [3.05, 3.63) is 86.6 Å². The maximum atomic E-state index is 13.6. The van der Waals surface area contributed by atoms with E-state index in [4.69, 9.17) is 10.1 Å². The molecular weight excluding hydrogens is 461 g/mol. The van der Waals surface area contributed by atoms with Gasteiger partial charge in [0.2, 0.25) is 4.80 Å². The topological polar surface area (TPSA) is 56.6 Å². The summed E-state index contributed by atoms with van der Waals surface area (Å²) >= 11 is 1.43. The highest BCUT2D eigenvalue weighted by molar-refractivity contribution is 7.07. The quantitative estimate of drug-likeness (QED) is 0.357. The standard InChI is InChI=1S/C27H28FN5OS/c1-18-8-7-9-22(16-18)30-32-24(20-12-14-21(28)15-13-20)17-35-27(32)29-25-19(2)31(3)33(26(25)34)23-10-5-4-6-11-23/h4-6,10-15,17-18H,7-9,16H2,1-3H3. The molecule has 1 atom stereocenters. The third kappa shape index (κ3) is 4.58. The highest BCUT2D eigenvalue weighted by Gasteiger charge is 2.18. The highest BCUT2D eigenvalue weighted by atomic mass is 32.1. The van der Waals surface area contributed by atoms with Crippen molar-refractivity contribution >= 4 is 22.7 Å². The van der Waals surface area contributed by atoms with E-state index in [1.54, 1.807) is 16.8 Å². The molecule has 1 fully saturated rings. The number of benzene rings is 2. The monoisotopic (exact) mass is 489 g/mol. The number of thiazole rings is 1. The van der Waals surface area contributed by atoms with Crippen molar-refractivity contribution in [3.8, 4) is 16.9 Å². The van der Waals surface area contributed by atoms with Crippen LogP contribution in [-0.2, 0) is 7.05 Å². The minimum atomic E-state index is -0.283. The Balaban J connectivity index is 1.70. The number of nitrogens with zero attached hydrogens (tertiary/aromatic N) is 5. The molecule has 2 aromatic heterocycles. The van der Waals surface area contributed by atoms with Gasteiger partial charge in [-0.3, -0.25) is 9.48 Å². The van der Waals surface area contributed by atoms with Crippen molar-refractivity contribution in [3.63, 3.8) is 0 Å². The molecule has 0 spiro atoms. The number of hydrogen-bond acceptors (Lipinski definition) is 4. The number of halogens is 1. The van der Waals surface area contributed by atoms with Gasteiger partial charge >= 0.3 is 0 Å². The Morgan fingerprint density at radius 3 is 2.54 bits per heavy atom. The van der Waals surface area contributed by atoms with Crippen LogP contribution in [0, 0.1) is 18.7 Å². The molecule has 0 bridgehead atoms. The molecule has 1 unspecified atom stereocenters. The van der Waals surface area contributed by atoms with Gasteiger partial charge in [0.05, 0.1) is 17.1 Å². The molecule has 2 aromatic carbocycles. The highest BCUT2D eigenvalue weighted by Crippen LogP contribution is 2.25. The SMILES string of the molecule is Cc1c(N=c2scc(-c3ccc(F)cc3)n2N=C2CCCC(C)C2)c(=O)n(-c2ccccc2)n1C.